The Labute approximate surface area is 99.9 Å². The Morgan fingerprint density at radius 3 is 2.53 bits per heavy atom. The summed E-state index contributed by atoms with van der Waals surface area (Å²) in [4.78, 5) is 4.73. The number of nitrogens with two attached hydrogens (primary N) is 1. The SMILES string of the molecule is NCc1cnc(-c2ccccc2C(F)(F)F)s1. The van der Waals surface area contributed by atoms with Gasteiger partial charge in [-0.05, 0) is 6.07 Å². The van der Waals surface area contributed by atoms with Crippen LogP contribution in [-0.4, -0.2) is 4.98 Å². The topological polar surface area (TPSA) is 38.9 Å². The van der Waals surface area contributed by atoms with Gasteiger partial charge in [0.05, 0.1) is 5.56 Å². The fourth-order valence-corrected chi connectivity index (χ4v) is 2.27. The molecule has 0 fully saturated rings. The predicted octanol–water partition coefficient (Wildman–Crippen LogP) is 3.29. The second kappa shape index (κ2) is 4.46. The van der Waals surface area contributed by atoms with E-state index < -0.39 is 11.7 Å². The van der Waals surface area contributed by atoms with Crippen LogP contribution in [0.1, 0.15) is 10.4 Å². The molecule has 1 aromatic carbocycles. The largest absolute Gasteiger partial charge is 0.417 e. The van der Waals surface area contributed by atoms with Crippen LogP contribution in [0.3, 0.4) is 0 Å². The van der Waals surface area contributed by atoms with Crippen LogP contribution >= 0.6 is 11.3 Å². The highest BCUT2D eigenvalue weighted by atomic mass is 32.1. The van der Waals surface area contributed by atoms with Crippen molar-refractivity contribution in [1.82, 2.24) is 4.98 Å². The number of thiazole rings is 1. The standard InChI is InChI=1S/C11H9F3N2S/c12-11(13,14)9-4-2-1-3-8(9)10-16-6-7(5-15)17-10/h1-4,6H,5,15H2. The van der Waals surface area contributed by atoms with Crippen molar-refractivity contribution in [2.24, 2.45) is 5.73 Å². The molecule has 1 aromatic heterocycles. The van der Waals surface area contributed by atoms with Gasteiger partial charge >= 0.3 is 6.18 Å². The molecule has 0 bridgehead atoms. The van der Waals surface area contributed by atoms with Crippen molar-refractivity contribution in [2.75, 3.05) is 0 Å². The molecule has 2 nitrogen and oxygen atoms in total. The van der Waals surface area contributed by atoms with E-state index in [0.717, 1.165) is 10.9 Å². The summed E-state index contributed by atoms with van der Waals surface area (Å²) in [5.74, 6) is 0. The van der Waals surface area contributed by atoms with Crippen LogP contribution < -0.4 is 5.73 Å². The molecule has 0 aliphatic carbocycles. The van der Waals surface area contributed by atoms with E-state index in [-0.39, 0.29) is 12.1 Å². The molecule has 90 valence electrons. The van der Waals surface area contributed by atoms with Crippen molar-refractivity contribution in [2.45, 2.75) is 12.7 Å². The Hall–Kier alpha value is -1.40. The van der Waals surface area contributed by atoms with Crippen molar-refractivity contribution >= 4 is 11.3 Å². The van der Waals surface area contributed by atoms with Crippen LogP contribution in [0, 0.1) is 0 Å². The van der Waals surface area contributed by atoms with Crippen molar-refractivity contribution in [3.63, 3.8) is 0 Å². The van der Waals surface area contributed by atoms with E-state index in [1.54, 1.807) is 6.07 Å². The van der Waals surface area contributed by atoms with Gasteiger partial charge in [0.15, 0.2) is 0 Å². The molecule has 1 heterocycles. The van der Waals surface area contributed by atoms with Gasteiger partial charge in [-0.15, -0.1) is 11.3 Å². The number of nitrogens with zero attached hydrogens (tertiary/aromatic N) is 1. The molecule has 2 aromatic rings. The van der Waals surface area contributed by atoms with Crippen molar-refractivity contribution in [1.29, 1.82) is 0 Å². The summed E-state index contributed by atoms with van der Waals surface area (Å²) in [6.07, 6.45) is -2.86. The molecule has 2 N–H and O–H groups in total. The Morgan fingerprint density at radius 2 is 1.94 bits per heavy atom. The van der Waals surface area contributed by atoms with Gasteiger partial charge in [0.1, 0.15) is 5.01 Å². The molecule has 0 spiro atoms. The lowest BCUT2D eigenvalue weighted by Crippen LogP contribution is -2.06. The van der Waals surface area contributed by atoms with E-state index in [1.165, 1.54) is 29.7 Å². The van der Waals surface area contributed by atoms with Crippen molar-refractivity contribution in [3.05, 3.63) is 40.9 Å². The molecular formula is C11H9F3N2S. The van der Waals surface area contributed by atoms with E-state index in [1.807, 2.05) is 0 Å². The maximum atomic E-state index is 12.8. The van der Waals surface area contributed by atoms with Gasteiger partial charge in [-0.2, -0.15) is 13.2 Å². The quantitative estimate of drug-likeness (QED) is 0.897. The zero-order valence-electron chi connectivity index (χ0n) is 8.66. The van der Waals surface area contributed by atoms with Gasteiger partial charge in [0.25, 0.3) is 0 Å². The number of hydrogen-bond donors (Lipinski definition) is 1. The minimum atomic E-state index is -4.37. The molecule has 0 saturated carbocycles. The Bertz CT molecular complexity index is 519. The second-order valence-corrected chi connectivity index (χ2v) is 4.49. The van der Waals surface area contributed by atoms with Crippen LogP contribution in [0.2, 0.25) is 0 Å². The van der Waals surface area contributed by atoms with Crippen LogP contribution in [0.5, 0.6) is 0 Å². The highest BCUT2D eigenvalue weighted by Gasteiger charge is 2.33. The number of halogens is 3. The molecule has 0 aliphatic heterocycles. The van der Waals surface area contributed by atoms with Crippen LogP contribution in [-0.2, 0) is 12.7 Å². The van der Waals surface area contributed by atoms with Crippen molar-refractivity contribution in [3.8, 4) is 10.6 Å². The summed E-state index contributed by atoms with van der Waals surface area (Å²) >= 11 is 1.18. The van der Waals surface area contributed by atoms with Gasteiger partial charge in [-0.25, -0.2) is 4.98 Å². The lowest BCUT2D eigenvalue weighted by atomic mass is 10.1. The monoisotopic (exact) mass is 258 g/mol. The third-order valence-corrected chi connectivity index (χ3v) is 3.27. The molecule has 0 unspecified atom stereocenters. The van der Waals surface area contributed by atoms with Gasteiger partial charge in [-0.1, -0.05) is 18.2 Å². The normalized spacial score (nSPS) is 11.8. The molecule has 0 saturated heterocycles. The molecule has 0 aliphatic rings. The number of rotatable bonds is 2. The highest BCUT2D eigenvalue weighted by molar-refractivity contribution is 7.15. The van der Waals surface area contributed by atoms with Crippen LogP contribution in [0.15, 0.2) is 30.5 Å². The first kappa shape index (κ1) is 12.1. The van der Waals surface area contributed by atoms with Gasteiger partial charge < -0.3 is 5.73 Å². The highest BCUT2D eigenvalue weighted by Crippen LogP contribution is 2.38. The molecule has 6 heteroatoms. The summed E-state index contributed by atoms with van der Waals surface area (Å²) in [6.45, 7) is 0.284. The lowest BCUT2D eigenvalue weighted by Gasteiger charge is -2.10. The number of aromatic nitrogens is 1. The average molecular weight is 258 g/mol. The van der Waals surface area contributed by atoms with Gasteiger partial charge in [0.2, 0.25) is 0 Å². The molecule has 2 rings (SSSR count). The smallest absolute Gasteiger partial charge is 0.326 e. The summed E-state index contributed by atoms with van der Waals surface area (Å²) in [5.41, 5.74) is 4.85. The van der Waals surface area contributed by atoms with E-state index >= 15 is 0 Å². The van der Waals surface area contributed by atoms with Gasteiger partial charge in [0, 0.05) is 23.2 Å². The molecule has 0 atom stereocenters. The van der Waals surface area contributed by atoms with Crippen LogP contribution in [0.25, 0.3) is 10.6 Å². The number of benzene rings is 1. The lowest BCUT2D eigenvalue weighted by molar-refractivity contribution is -0.137. The van der Waals surface area contributed by atoms with E-state index in [0.29, 0.717) is 5.01 Å². The summed E-state index contributed by atoms with van der Waals surface area (Å²) in [6, 6.07) is 5.40. The predicted molar refractivity (Wildman–Crippen MR) is 60.4 cm³/mol. The fourth-order valence-electron chi connectivity index (χ4n) is 1.44. The number of alkyl halides is 3. The van der Waals surface area contributed by atoms with E-state index in [2.05, 4.69) is 4.98 Å². The molecule has 17 heavy (non-hydrogen) atoms. The summed E-state index contributed by atoms with van der Waals surface area (Å²) < 4.78 is 38.3. The summed E-state index contributed by atoms with van der Waals surface area (Å²) in [5, 5.41) is 0.346. The Balaban J connectivity index is 2.52. The maximum Gasteiger partial charge on any atom is 0.417 e. The first-order chi connectivity index (χ1) is 8.02. The van der Waals surface area contributed by atoms with Gasteiger partial charge in [-0.3, -0.25) is 0 Å². The first-order valence-corrected chi connectivity index (χ1v) is 5.65. The van der Waals surface area contributed by atoms with E-state index in [4.69, 9.17) is 5.73 Å². The minimum absolute atomic E-state index is 0.102. The maximum absolute atomic E-state index is 12.8. The van der Waals surface area contributed by atoms with E-state index in [9.17, 15) is 13.2 Å². The molecule has 0 amide bonds. The first-order valence-electron chi connectivity index (χ1n) is 4.83. The molecule has 0 radical (unpaired) electrons. The summed E-state index contributed by atoms with van der Waals surface area (Å²) in [7, 11) is 0. The average Bonchev–Trinajstić information content (AvgIpc) is 2.76. The third kappa shape index (κ3) is 2.48. The number of hydrogen-bond acceptors (Lipinski definition) is 3. The Kier molecular flexibility index (Phi) is 3.17. The van der Waals surface area contributed by atoms with Crippen molar-refractivity contribution < 1.29 is 13.2 Å². The molecular weight excluding hydrogens is 249 g/mol. The Morgan fingerprint density at radius 1 is 1.24 bits per heavy atom. The second-order valence-electron chi connectivity index (χ2n) is 3.38. The third-order valence-electron chi connectivity index (χ3n) is 2.22. The fraction of sp³-hybridized carbons (Fsp3) is 0.182. The zero-order chi connectivity index (χ0) is 12.5. The van der Waals surface area contributed by atoms with Crippen LogP contribution in [0.4, 0.5) is 13.2 Å². The zero-order valence-corrected chi connectivity index (χ0v) is 9.48. The minimum Gasteiger partial charge on any atom is -0.326 e.